The van der Waals surface area contributed by atoms with Gasteiger partial charge in [0.15, 0.2) is 16.7 Å². The summed E-state index contributed by atoms with van der Waals surface area (Å²) in [5, 5.41) is 0.776. The highest BCUT2D eigenvalue weighted by Gasteiger charge is 2.15. The van der Waals surface area contributed by atoms with E-state index < -0.39 is 5.82 Å². The molecule has 5 nitrogen and oxygen atoms in total. The molecule has 0 saturated heterocycles. The molecule has 0 N–H and O–H groups in total. The number of carbonyl (C=O) groups excluding carboxylic acids is 1. The number of methoxy groups -OCH3 is 1. The average Bonchev–Trinajstić information content (AvgIpc) is 3.04. The smallest absolute Gasteiger partial charge is 0.233 e. The number of benzene rings is 2. The highest BCUT2D eigenvalue weighted by Crippen LogP contribution is 2.25. The van der Waals surface area contributed by atoms with E-state index in [1.54, 1.807) is 24.1 Å². The highest BCUT2D eigenvalue weighted by molar-refractivity contribution is 7.99. The number of nitrogens with zero attached hydrogens (tertiary/aromatic N) is 3. The molecule has 0 aliphatic heterocycles. The maximum atomic E-state index is 13.8. The molecule has 0 radical (unpaired) electrons. The summed E-state index contributed by atoms with van der Waals surface area (Å²) in [6.07, 6.45) is 1.81. The lowest BCUT2D eigenvalue weighted by Crippen LogP contribution is -2.28. The van der Waals surface area contributed by atoms with Gasteiger partial charge in [-0.05, 0) is 29.8 Å². The Labute approximate surface area is 167 Å². The molecule has 3 rings (SSSR count). The summed E-state index contributed by atoms with van der Waals surface area (Å²) in [6, 6.07) is 12.6. The first kappa shape index (κ1) is 19.9. The summed E-state index contributed by atoms with van der Waals surface area (Å²) in [5.74, 6) is -0.0588. The number of thioether (sulfide) groups is 1. The van der Waals surface area contributed by atoms with Gasteiger partial charge in [0.25, 0.3) is 0 Å². The molecule has 0 aliphatic carbocycles. The van der Waals surface area contributed by atoms with Crippen molar-refractivity contribution in [1.82, 2.24) is 14.5 Å². The number of ether oxygens (including phenoxy) is 1. The third kappa shape index (κ3) is 4.36. The number of amides is 1. The molecule has 0 bridgehead atoms. The number of halogens is 1. The number of hydrogen-bond acceptors (Lipinski definition) is 4. The van der Waals surface area contributed by atoms with Crippen molar-refractivity contribution in [1.29, 1.82) is 0 Å². The summed E-state index contributed by atoms with van der Waals surface area (Å²) in [5.41, 5.74) is 2.61. The third-order valence-corrected chi connectivity index (χ3v) is 5.28. The standard InChI is InChI=1S/C21H22FN3O2S/c1-4-11-25-18-8-6-5-7-17(18)23-21(25)28-14-20(26)24(2)13-15-9-10-19(27-3)16(22)12-15/h4-10,12H,1,11,13-14H2,2-3H3. The second kappa shape index (κ2) is 8.93. The van der Waals surface area contributed by atoms with Crippen molar-refractivity contribution in [2.24, 2.45) is 0 Å². The lowest BCUT2D eigenvalue weighted by Gasteiger charge is -2.17. The molecule has 0 spiro atoms. The van der Waals surface area contributed by atoms with E-state index in [2.05, 4.69) is 11.6 Å². The topological polar surface area (TPSA) is 47.4 Å². The number of aromatic nitrogens is 2. The first-order valence-electron chi connectivity index (χ1n) is 8.78. The maximum absolute atomic E-state index is 13.8. The number of allylic oxidation sites excluding steroid dienone is 1. The second-order valence-corrected chi connectivity index (χ2v) is 7.23. The van der Waals surface area contributed by atoms with Crippen LogP contribution in [0.5, 0.6) is 5.75 Å². The molecule has 0 fully saturated rings. The van der Waals surface area contributed by atoms with Crippen molar-refractivity contribution < 1.29 is 13.9 Å². The number of para-hydroxylation sites is 2. The van der Waals surface area contributed by atoms with E-state index in [9.17, 15) is 9.18 Å². The molecule has 0 unspecified atom stereocenters. The van der Waals surface area contributed by atoms with Crippen LogP contribution in [0.15, 0.2) is 60.3 Å². The zero-order valence-corrected chi connectivity index (χ0v) is 16.7. The van der Waals surface area contributed by atoms with Crippen LogP contribution in [0.25, 0.3) is 11.0 Å². The quantitative estimate of drug-likeness (QED) is 0.422. The Kier molecular flexibility index (Phi) is 6.36. The van der Waals surface area contributed by atoms with Gasteiger partial charge < -0.3 is 14.2 Å². The van der Waals surface area contributed by atoms with E-state index in [0.717, 1.165) is 16.2 Å². The fourth-order valence-electron chi connectivity index (χ4n) is 2.88. The minimum atomic E-state index is -0.437. The largest absolute Gasteiger partial charge is 0.494 e. The molecule has 0 saturated carbocycles. The minimum absolute atomic E-state index is 0.0570. The second-order valence-electron chi connectivity index (χ2n) is 6.29. The number of hydrogen-bond donors (Lipinski definition) is 0. The molecular formula is C21H22FN3O2S. The van der Waals surface area contributed by atoms with E-state index in [0.29, 0.717) is 18.7 Å². The first-order chi connectivity index (χ1) is 13.5. The molecular weight excluding hydrogens is 377 g/mol. The van der Waals surface area contributed by atoms with Gasteiger partial charge in [0.05, 0.1) is 23.9 Å². The van der Waals surface area contributed by atoms with Gasteiger partial charge in [-0.15, -0.1) is 6.58 Å². The Morgan fingerprint density at radius 2 is 2.14 bits per heavy atom. The molecule has 1 aromatic heterocycles. The fraction of sp³-hybridized carbons (Fsp3) is 0.238. The van der Waals surface area contributed by atoms with E-state index in [1.807, 2.05) is 34.9 Å². The molecule has 3 aromatic rings. The van der Waals surface area contributed by atoms with Crippen LogP contribution in [0.3, 0.4) is 0 Å². The first-order valence-corrected chi connectivity index (χ1v) is 9.77. The molecule has 146 valence electrons. The van der Waals surface area contributed by atoms with Crippen molar-refractivity contribution in [2.45, 2.75) is 18.2 Å². The molecule has 0 aliphatic rings. The van der Waals surface area contributed by atoms with Crippen LogP contribution in [0, 0.1) is 5.82 Å². The van der Waals surface area contributed by atoms with Gasteiger partial charge in [-0.3, -0.25) is 4.79 Å². The van der Waals surface area contributed by atoms with Crippen molar-refractivity contribution >= 4 is 28.7 Å². The summed E-state index contributed by atoms with van der Waals surface area (Å²) < 4.78 is 20.8. The summed E-state index contributed by atoms with van der Waals surface area (Å²) in [7, 11) is 3.13. The maximum Gasteiger partial charge on any atom is 0.233 e. The van der Waals surface area contributed by atoms with E-state index >= 15 is 0 Å². The summed E-state index contributed by atoms with van der Waals surface area (Å²) in [4.78, 5) is 18.7. The van der Waals surface area contributed by atoms with Crippen LogP contribution in [0.2, 0.25) is 0 Å². The van der Waals surface area contributed by atoms with Crippen molar-refractivity contribution in [3.63, 3.8) is 0 Å². The van der Waals surface area contributed by atoms with Crippen LogP contribution in [-0.2, 0) is 17.9 Å². The molecule has 28 heavy (non-hydrogen) atoms. The van der Waals surface area contributed by atoms with Gasteiger partial charge in [-0.1, -0.05) is 36.0 Å². The van der Waals surface area contributed by atoms with Gasteiger partial charge >= 0.3 is 0 Å². The SMILES string of the molecule is C=CCn1c(SCC(=O)N(C)Cc2ccc(OC)c(F)c2)nc2ccccc21. The molecule has 0 atom stereocenters. The summed E-state index contributed by atoms with van der Waals surface area (Å²) >= 11 is 1.39. The Morgan fingerprint density at radius 3 is 2.86 bits per heavy atom. The summed E-state index contributed by atoms with van der Waals surface area (Å²) in [6.45, 7) is 4.75. The average molecular weight is 399 g/mol. The normalized spacial score (nSPS) is 10.8. The molecule has 7 heteroatoms. The van der Waals surface area contributed by atoms with Gasteiger partial charge in [-0.25, -0.2) is 9.37 Å². The van der Waals surface area contributed by atoms with Crippen molar-refractivity contribution in [2.75, 3.05) is 19.9 Å². The predicted molar refractivity (Wildman–Crippen MR) is 110 cm³/mol. The lowest BCUT2D eigenvalue weighted by atomic mass is 10.2. The Hall–Kier alpha value is -2.80. The van der Waals surface area contributed by atoms with Crippen LogP contribution in [0.1, 0.15) is 5.56 Å². The minimum Gasteiger partial charge on any atom is -0.494 e. The van der Waals surface area contributed by atoms with E-state index in [-0.39, 0.29) is 17.4 Å². The monoisotopic (exact) mass is 399 g/mol. The van der Waals surface area contributed by atoms with Gasteiger partial charge in [0.2, 0.25) is 5.91 Å². The van der Waals surface area contributed by atoms with E-state index in [1.165, 1.54) is 24.9 Å². The van der Waals surface area contributed by atoms with Crippen LogP contribution in [0.4, 0.5) is 4.39 Å². The third-order valence-electron chi connectivity index (χ3n) is 4.32. The van der Waals surface area contributed by atoms with Gasteiger partial charge in [0, 0.05) is 20.1 Å². The van der Waals surface area contributed by atoms with Crippen LogP contribution in [-0.4, -0.2) is 40.3 Å². The molecule has 2 aromatic carbocycles. The Bertz CT molecular complexity index is 1000. The van der Waals surface area contributed by atoms with Crippen molar-refractivity contribution in [3.05, 3.63) is 66.5 Å². The van der Waals surface area contributed by atoms with Crippen LogP contribution < -0.4 is 4.74 Å². The van der Waals surface area contributed by atoms with Gasteiger partial charge in [-0.2, -0.15) is 0 Å². The van der Waals surface area contributed by atoms with Crippen LogP contribution >= 0.6 is 11.8 Å². The molecule has 1 heterocycles. The zero-order chi connectivity index (χ0) is 20.1. The fourth-order valence-corrected chi connectivity index (χ4v) is 3.84. The molecule has 1 amide bonds. The number of rotatable bonds is 8. The van der Waals surface area contributed by atoms with Gasteiger partial charge in [0.1, 0.15) is 0 Å². The predicted octanol–water partition coefficient (Wildman–Crippen LogP) is 4.12. The van der Waals surface area contributed by atoms with Crippen molar-refractivity contribution in [3.8, 4) is 5.75 Å². The Balaban J connectivity index is 1.66. The Morgan fingerprint density at radius 1 is 1.36 bits per heavy atom. The number of carbonyl (C=O) groups is 1. The highest BCUT2D eigenvalue weighted by atomic mass is 32.2. The number of imidazole rings is 1. The van der Waals surface area contributed by atoms with E-state index in [4.69, 9.17) is 4.74 Å². The zero-order valence-electron chi connectivity index (χ0n) is 15.9. The number of fused-ring (bicyclic) bond motifs is 1. The lowest BCUT2D eigenvalue weighted by molar-refractivity contribution is -0.127.